The zero-order valence-electron chi connectivity index (χ0n) is 13.3. The Labute approximate surface area is 140 Å². The fraction of sp³-hybridized carbons (Fsp3) is 0.222. The molecule has 2 heterocycles. The van der Waals surface area contributed by atoms with Crippen molar-refractivity contribution in [1.29, 1.82) is 0 Å². The smallest absolute Gasteiger partial charge is 0.155 e. The van der Waals surface area contributed by atoms with Crippen molar-refractivity contribution in [3.8, 4) is 5.82 Å². The van der Waals surface area contributed by atoms with E-state index in [1.807, 2.05) is 62.4 Å². The van der Waals surface area contributed by atoms with Crippen molar-refractivity contribution < 1.29 is 4.74 Å². The van der Waals surface area contributed by atoms with E-state index in [1.54, 1.807) is 17.9 Å². The van der Waals surface area contributed by atoms with Gasteiger partial charge in [-0.2, -0.15) is 5.10 Å². The molecular formula is C18H18ClN3O. The number of benzene rings is 1. The second-order valence-electron chi connectivity index (χ2n) is 5.50. The molecule has 0 unspecified atom stereocenters. The molecule has 23 heavy (non-hydrogen) atoms. The summed E-state index contributed by atoms with van der Waals surface area (Å²) >= 11 is 5.99. The molecule has 0 aliphatic heterocycles. The molecule has 4 nitrogen and oxygen atoms in total. The average Bonchev–Trinajstić information content (AvgIpc) is 2.97. The number of aryl methyl sites for hydroxylation is 1. The number of hydrogen-bond acceptors (Lipinski definition) is 3. The minimum Gasteiger partial charge on any atom is -0.367 e. The highest BCUT2D eigenvalue weighted by atomic mass is 35.5. The van der Waals surface area contributed by atoms with Crippen LogP contribution in [0.2, 0.25) is 5.15 Å². The van der Waals surface area contributed by atoms with Crippen LogP contribution in [0.15, 0.2) is 54.6 Å². The predicted octanol–water partition coefficient (Wildman–Crippen LogP) is 4.14. The van der Waals surface area contributed by atoms with Gasteiger partial charge in [-0.1, -0.05) is 48.0 Å². The van der Waals surface area contributed by atoms with Gasteiger partial charge in [0.05, 0.1) is 5.69 Å². The number of ether oxygens (including phenoxy) is 1. The quantitative estimate of drug-likeness (QED) is 0.676. The van der Waals surface area contributed by atoms with Crippen LogP contribution in [0.3, 0.4) is 0 Å². The summed E-state index contributed by atoms with van der Waals surface area (Å²) in [7, 11) is 1.69. The minimum atomic E-state index is -0.629. The Bertz CT molecular complexity index is 816. The molecule has 0 fully saturated rings. The third kappa shape index (κ3) is 2.87. The van der Waals surface area contributed by atoms with E-state index in [-0.39, 0.29) is 0 Å². The zero-order valence-corrected chi connectivity index (χ0v) is 14.1. The van der Waals surface area contributed by atoms with Crippen LogP contribution >= 0.6 is 11.6 Å². The molecule has 118 valence electrons. The van der Waals surface area contributed by atoms with Gasteiger partial charge in [-0.25, -0.2) is 9.67 Å². The number of pyridine rings is 1. The van der Waals surface area contributed by atoms with Gasteiger partial charge in [0.15, 0.2) is 5.82 Å². The van der Waals surface area contributed by atoms with Gasteiger partial charge < -0.3 is 4.74 Å². The fourth-order valence-electron chi connectivity index (χ4n) is 2.58. The standard InChI is InChI=1S/C18H18ClN3O/c1-13-12-15(18(2,23-3)14-8-5-4-6-9-14)21-22(13)17-11-7-10-16(19)20-17/h4-12H,1-3H3/t18-/m1/s1. The van der Waals surface area contributed by atoms with Crippen LogP contribution in [0.25, 0.3) is 5.82 Å². The molecule has 1 aromatic carbocycles. The number of methoxy groups -OCH3 is 1. The van der Waals surface area contributed by atoms with E-state index >= 15 is 0 Å². The van der Waals surface area contributed by atoms with Crippen LogP contribution in [0.5, 0.6) is 0 Å². The van der Waals surface area contributed by atoms with Gasteiger partial charge >= 0.3 is 0 Å². The minimum absolute atomic E-state index is 0.441. The van der Waals surface area contributed by atoms with Gasteiger partial charge in [0.1, 0.15) is 10.8 Å². The van der Waals surface area contributed by atoms with Crippen LogP contribution in [-0.4, -0.2) is 21.9 Å². The molecule has 1 atom stereocenters. The molecule has 0 saturated heterocycles. The molecule has 0 radical (unpaired) electrons. The molecule has 0 saturated carbocycles. The first kappa shape index (κ1) is 15.7. The average molecular weight is 328 g/mol. The first-order chi connectivity index (χ1) is 11.0. The summed E-state index contributed by atoms with van der Waals surface area (Å²) in [6.45, 7) is 4.00. The Morgan fingerprint density at radius 1 is 1.09 bits per heavy atom. The van der Waals surface area contributed by atoms with Crippen LogP contribution in [0.4, 0.5) is 0 Å². The van der Waals surface area contributed by atoms with Gasteiger partial charge in [0.2, 0.25) is 0 Å². The van der Waals surface area contributed by atoms with Gasteiger partial charge in [0.25, 0.3) is 0 Å². The van der Waals surface area contributed by atoms with Crippen LogP contribution in [0.1, 0.15) is 23.9 Å². The largest absolute Gasteiger partial charge is 0.367 e. The Balaban J connectivity index is 2.09. The Kier molecular flexibility index (Phi) is 4.20. The molecule has 0 aliphatic rings. The maximum atomic E-state index is 5.99. The topological polar surface area (TPSA) is 39.9 Å². The highest BCUT2D eigenvalue weighted by molar-refractivity contribution is 6.29. The van der Waals surface area contributed by atoms with E-state index in [1.165, 1.54) is 0 Å². The van der Waals surface area contributed by atoms with E-state index in [9.17, 15) is 0 Å². The maximum Gasteiger partial charge on any atom is 0.155 e. The Morgan fingerprint density at radius 2 is 1.83 bits per heavy atom. The SMILES string of the molecule is CO[C@](C)(c1ccccc1)c1cc(C)n(-c2cccc(Cl)n2)n1. The lowest BCUT2D eigenvalue weighted by Gasteiger charge is -2.26. The molecule has 0 aliphatic carbocycles. The van der Waals surface area contributed by atoms with Gasteiger partial charge in [-0.3, -0.25) is 0 Å². The Hall–Kier alpha value is -2.17. The molecule has 3 rings (SSSR count). The second kappa shape index (κ2) is 6.14. The van der Waals surface area contributed by atoms with E-state index in [0.717, 1.165) is 17.0 Å². The third-order valence-electron chi connectivity index (χ3n) is 4.03. The van der Waals surface area contributed by atoms with Gasteiger partial charge in [-0.05, 0) is 37.6 Å². The van der Waals surface area contributed by atoms with Gasteiger partial charge in [0, 0.05) is 12.8 Å². The first-order valence-corrected chi connectivity index (χ1v) is 7.73. The monoisotopic (exact) mass is 327 g/mol. The number of aromatic nitrogens is 3. The number of nitrogens with zero attached hydrogens (tertiary/aromatic N) is 3. The summed E-state index contributed by atoms with van der Waals surface area (Å²) in [4.78, 5) is 4.32. The molecule has 3 aromatic rings. The van der Waals surface area contributed by atoms with Crippen molar-refractivity contribution in [3.63, 3.8) is 0 Å². The van der Waals surface area contributed by atoms with Crippen LogP contribution in [-0.2, 0) is 10.3 Å². The summed E-state index contributed by atoms with van der Waals surface area (Å²) in [6.07, 6.45) is 0. The number of hydrogen-bond donors (Lipinski definition) is 0. The summed E-state index contributed by atoms with van der Waals surface area (Å²) in [5.41, 5.74) is 2.21. The lowest BCUT2D eigenvalue weighted by atomic mass is 9.92. The fourth-order valence-corrected chi connectivity index (χ4v) is 2.74. The highest BCUT2D eigenvalue weighted by Gasteiger charge is 2.32. The lowest BCUT2D eigenvalue weighted by Crippen LogP contribution is -2.26. The van der Waals surface area contributed by atoms with Gasteiger partial charge in [-0.15, -0.1) is 0 Å². The molecule has 0 spiro atoms. The summed E-state index contributed by atoms with van der Waals surface area (Å²) in [5, 5.41) is 5.15. The van der Waals surface area contributed by atoms with Crippen molar-refractivity contribution in [2.45, 2.75) is 19.4 Å². The summed E-state index contributed by atoms with van der Waals surface area (Å²) in [5.74, 6) is 0.688. The molecule has 0 N–H and O–H groups in total. The van der Waals surface area contributed by atoms with Crippen molar-refractivity contribution in [2.75, 3.05) is 7.11 Å². The molecule has 0 amide bonds. The van der Waals surface area contributed by atoms with Crippen molar-refractivity contribution >= 4 is 11.6 Å². The number of rotatable bonds is 4. The molecule has 5 heteroatoms. The normalized spacial score (nSPS) is 13.7. The zero-order chi connectivity index (χ0) is 16.4. The van der Waals surface area contributed by atoms with Crippen molar-refractivity contribution in [2.24, 2.45) is 0 Å². The maximum absolute atomic E-state index is 5.99. The van der Waals surface area contributed by atoms with Crippen molar-refractivity contribution in [3.05, 3.63) is 76.7 Å². The van der Waals surface area contributed by atoms with Crippen LogP contribution in [0, 0.1) is 6.92 Å². The lowest BCUT2D eigenvalue weighted by molar-refractivity contribution is 0.0350. The first-order valence-electron chi connectivity index (χ1n) is 7.35. The summed E-state index contributed by atoms with van der Waals surface area (Å²) < 4.78 is 7.59. The van der Waals surface area contributed by atoms with Crippen molar-refractivity contribution in [1.82, 2.24) is 14.8 Å². The Morgan fingerprint density at radius 3 is 2.48 bits per heavy atom. The number of halogens is 1. The predicted molar refractivity (Wildman–Crippen MR) is 91.0 cm³/mol. The summed E-state index contributed by atoms with van der Waals surface area (Å²) in [6, 6.07) is 17.5. The highest BCUT2D eigenvalue weighted by Crippen LogP contribution is 2.32. The second-order valence-corrected chi connectivity index (χ2v) is 5.89. The molecule has 2 aromatic heterocycles. The third-order valence-corrected chi connectivity index (χ3v) is 4.24. The van der Waals surface area contributed by atoms with Crippen LogP contribution < -0.4 is 0 Å². The molecule has 0 bridgehead atoms. The molecular weight excluding hydrogens is 310 g/mol. The van der Waals surface area contributed by atoms with E-state index < -0.39 is 5.60 Å². The van der Waals surface area contributed by atoms with E-state index in [4.69, 9.17) is 21.4 Å². The van der Waals surface area contributed by atoms with E-state index in [0.29, 0.717) is 11.0 Å². The van der Waals surface area contributed by atoms with E-state index in [2.05, 4.69) is 4.98 Å².